The normalized spacial score (nSPS) is 11.9. The van der Waals surface area contributed by atoms with Crippen LogP contribution >= 0.6 is 23.8 Å². The summed E-state index contributed by atoms with van der Waals surface area (Å²) in [5, 5.41) is 6.44. The molecule has 0 saturated carbocycles. The predicted octanol–water partition coefficient (Wildman–Crippen LogP) is 4.12. The fourth-order valence-electron chi connectivity index (χ4n) is 1.55. The molecular weight excluding hydrogens is 287 g/mol. The van der Waals surface area contributed by atoms with Crippen LogP contribution in [0.25, 0.3) is 0 Å². The van der Waals surface area contributed by atoms with Crippen molar-refractivity contribution in [1.29, 1.82) is 0 Å². The van der Waals surface area contributed by atoms with Gasteiger partial charge in [0.1, 0.15) is 11.6 Å². The molecule has 1 heterocycles. The first-order chi connectivity index (χ1) is 9.06. The molecule has 0 radical (unpaired) electrons. The third-order valence-electron chi connectivity index (χ3n) is 2.50. The highest BCUT2D eigenvalue weighted by Crippen LogP contribution is 2.19. The van der Waals surface area contributed by atoms with Crippen molar-refractivity contribution in [1.82, 2.24) is 5.32 Å². The maximum absolute atomic E-state index is 13.0. The van der Waals surface area contributed by atoms with Gasteiger partial charge in [0.2, 0.25) is 0 Å². The molecule has 2 aromatic rings. The second kappa shape index (κ2) is 6.04. The van der Waals surface area contributed by atoms with E-state index < -0.39 is 5.82 Å². The number of benzene rings is 1. The maximum atomic E-state index is 13.0. The summed E-state index contributed by atoms with van der Waals surface area (Å²) in [5.74, 6) is 0.316. The Labute approximate surface area is 120 Å². The number of hydrogen-bond acceptors (Lipinski definition) is 2. The minimum absolute atomic E-state index is 0.0480. The largest absolute Gasteiger partial charge is 0.467 e. The van der Waals surface area contributed by atoms with Gasteiger partial charge in [-0.2, -0.15) is 0 Å². The third-order valence-corrected chi connectivity index (χ3v) is 3.00. The molecule has 0 unspecified atom stereocenters. The number of halogens is 2. The Morgan fingerprint density at radius 1 is 1.42 bits per heavy atom. The van der Waals surface area contributed by atoms with E-state index in [9.17, 15) is 4.39 Å². The Morgan fingerprint density at radius 3 is 2.84 bits per heavy atom. The van der Waals surface area contributed by atoms with Crippen molar-refractivity contribution in [3.05, 3.63) is 53.2 Å². The van der Waals surface area contributed by atoms with Crippen molar-refractivity contribution in [2.75, 3.05) is 5.32 Å². The van der Waals surface area contributed by atoms with Gasteiger partial charge in [-0.3, -0.25) is 0 Å². The van der Waals surface area contributed by atoms with Gasteiger partial charge in [-0.25, -0.2) is 4.39 Å². The Morgan fingerprint density at radius 2 is 2.21 bits per heavy atom. The highest BCUT2D eigenvalue weighted by atomic mass is 35.5. The number of anilines is 1. The molecule has 2 rings (SSSR count). The fourth-order valence-corrected chi connectivity index (χ4v) is 2.02. The quantitative estimate of drug-likeness (QED) is 0.836. The maximum Gasteiger partial charge on any atom is 0.171 e. The van der Waals surface area contributed by atoms with Gasteiger partial charge >= 0.3 is 0 Å². The van der Waals surface area contributed by atoms with E-state index in [4.69, 9.17) is 28.2 Å². The highest BCUT2D eigenvalue weighted by Gasteiger charge is 2.09. The van der Waals surface area contributed by atoms with Gasteiger partial charge in [-0.15, -0.1) is 0 Å². The van der Waals surface area contributed by atoms with Gasteiger partial charge in [0.15, 0.2) is 5.11 Å². The van der Waals surface area contributed by atoms with Crippen LogP contribution in [0.2, 0.25) is 5.02 Å². The summed E-state index contributed by atoms with van der Waals surface area (Å²) in [6.07, 6.45) is 1.60. The van der Waals surface area contributed by atoms with Crippen LogP contribution in [0, 0.1) is 5.82 Å². The average Bonchev–Trinajstić information content (AvgIpc) is 2.87. The fraction of sp³-hybridized carbons (Fsp3) is 0.154. The monoisotopic (exact) mass is 298 g/mol. The Hall–Kier alpha value is -1.59. The Kier molecular flexibility index (Phi) is 4.39. The summed E-state index contributed by atoms with van der Waals surface area (Å²) in [5.41, 5.74) is 0.621. The van der Waals surface area contributed by atoms with Gasteiger partial charge < -0.3 is 15.1 Å². The van der Waals surface area contributed by atoms with Crippen LogP contribution in [0.5, 0.6) is 0 Å². The summed E-state index contributed by atoms with van der Waals surface area (Å²) >= 11 is 10.9. The number of rotatable bonds is 3. The Bertz CT molecular complexity index is 574. The van der Waals surface area contributed by atoms with Crippen molar-refractivity contribution in [2.45, 2.75) is 13.0 Å². The molecule has 0 aliphatic carbocycles. The standard InChI is InChI=1S/C13H12ClFN2OS/c1-8(12-3-2-6-18-12)16-13(19)17-9-4-5-11(15)10(14)7-9/h2-8H,1H3,(H2,16,17,19)/t8-/m0/s1. The topological polar surface area (TPSA) is 37.2 Å². The first-order valence-electron chi connectivity index (χ1n) is 5.62. The smallest absolute Gasteiger partial charge is 0.171 e. The second-order valence-electron chi connectivity index (χ2n) is 3.96. The van der Waals surface area contributed by atoms with E-state index in [1.165, 1.54) is 12.1 Å². The summed E-state index contributed by atoms with van der Waals surface area (Å²) < 4.78 is 18.3. The van der Waals surface area contributed by atoms with E-state index in [1.807, 2.05) is 19.1 Å². The van der Waals surface area contributed by atoms with Crippen molar-refractivity contribution in [2.24, 2.45) is 0 Å². The van der Waals surface area contributed by atoms with Crippen LogP contribution in [-0.4, -0.2) is 5.11 Å². The molecule has 3 nitrogen and oxygen atoms in total. The molecule has 0 saturated heterocycles. The van der Waals surface area contributed by atoms with Crippen molar-refractivity contribution in [3.63, 3.8) is 0 Å². The minimum atomic E-state index is -0.463. The molecular formula is C13H12ClFN2OS. The molecule has 0 aliphatic heterocycles. The number of furan rings is 1. The van der Waals surface area contributed by atoms with Crippen LogP contribution in [0.3, 0.4) is 0 Å². The predicted molar refractivity (Wildman–Crippen MR) is 77.9 cm³/mol. The molecule has 0 fully saturated rings. The minimum Gasteiger partial charge on any atom is -0.467 e. The van der Waals surface area contributed by atoms with Crippen molar-refractivity contribution >= 4 is 34.6 Å². The lowest BCUT2D eigenvalue weighted by molar-refractivity contribution is 0.464. The first kappa shape index (κ1) is 13.8. The molecule has 0 aliphatic rings. The second-order valence-corrected chi connectivity index (χ2v) is 4.78. The van der Waals surface area contributed by atoms with E-state index in [0.29, 0.717) is 10.8 Å². The third kappa shape index (κ3) is 3.68. The molecule has 1 aromatic heterocycles. The van der Waals surface area contributed by atoms with Gasteiger partial charge in [-0.1, -0.05) is 11.6 Å². The average molecular weight is 299 g/mol. The van der Waals surface area contributed by atoms with Gasteiger partial charge in [0.25, 0.3) is 0 Å². The zero-order chi connectivity index (χ0) is 13.8. The van der Waals surface area contributed by atoms with Crippen LogP contribution in [-0.2, 0) is 0 Å². The van der Waals surface area contributed by atoms with Crippen LogP contribution in [0.15, 0.2) is 41.0 Å². The number of hydrogen-bond donors (Lipinski definition) is 2. The lowest BCUT2D eigenvalue weighted by Crippen LogP contribution is -2.30. The summed E-state index contributed by atoms with van der Waals surface area (Å²) in [6, 6.07) is 7.92. The lowest BCUT2D eigenvalue weighted by atomic mass is 10.2. The Balaban J connectivity index is 1.95. The van der Waals surface area contributed by atoms with Gasteiger partial charge in [0.05, 0.1) is 17.3 Å². The van der Waals surface area contributed by atoms with E-state index in [0.717, 1.165) is 5.76 Å². The molecule has 0 bridgehead atoms. The van der Waals surface area contributed by atoms with Gasteiger partial charge in [-0.05, 0) is 49.5 Å². The van der Waals surface area contributed by atoms with E-state index in [-0.39, 0.29) is 11.1 Å². The zero-order valence-electron chi connectivity index (χ0n) is 10.1. The number of nitrogens with one attached hydrogen (secondary N) is 2. The van der Waals surface area contributed by atoms with E-state index >= 15 is 0 Å². The van der Waals surface area contributed by atoms with Crippen LogP contribution < -0.4 is 10.6 Å². The molecule has 6 heteroatoms. The summed E-state index contributed by atoms with van der Waals surface area (Å²) in [4.78, 5) is 0. The number of thiocarbonyl (C=S) groups is 1. The van der Waals surface area contributed by atoms with E-state index in [2.05, 4.69) is 10.6 Å². The zero-order valence-corrected chi connectivity index (χ0v) is 11.7. The lowest BCUT2D eigenvalue weighted by Gasteiger charge is -2.15. The SMILES string of the molecule is C[C@H](NC(=S)Nc1ccc(F)c(Cl)c1)c1ccco1. The summed E-state index contributed by atoms with van der Waals surface area (Å²) in [6.45, 7) is 1.92. The molecule has 1 atom stereocenters. The summed E-state index contributed by atoms with van der Waals surface area (Å²) in [7, 11) is 0. The molecule has 0 spiro atoms. The van der Waals surface area contributed by atoms with Crippen molar-refractivity contribution in [3.8, 4) is 0 Å². The molecule has 2 N–H and O–H groups in total. The molecule has 100 valence electrons. The molecule has 0 amide bonds. The first-order valence-corrected chi connectivity index (χ1v) is 6.41. The van der Waals surface area contributed by atoms with Crippen molar-refractivity contribution < 1.29 is 8.81 Å². The highest BCUT2D eigenvalue weighted by molar-refractivity contribution is 7.80. The van der Waals surface area contributed by atoms with Crippen LogP contribution in [0.4, 0.5) is 10.1 Å². The molecule has 19 heavy (non-hydrogen) atoms. The van der Waals surface area contributed by atoms with Crippen LogP contribution in [0.1, 0.15) is 18.7 Å². The van der Waals surface area contributed by atoms with E-state index in [1.54, 1.807) is 12.3 Å². The van der Waals surface area contributed by atoms with Gasteiger partial charge in [0, 0.05) is 5.69 Å². The molecule has 1 aromatic carbocycles.